The van der Waals surface area contributed by atoms with Crippen molar-refractivity contribution in [1.82, 2.24) is 4.90 Å². The van der Waals surface area contributed by atoms with Gasteiger partial charge in [0.1, 0.15) is 5.75 Å². The van der Waals surface area contributed by atoms with Gasteiger partial charge in [-0.05, 0) is 22.9 Å². The molecule has 3 rings (SSSR count). The van der Waals surface area contributed by atoms with Crippen molar-refractivity contribution < 1.29 is 14.6 Å². The molecule has 2 aromatic rings. The summed E-state index contributed by atoms with van der Waals surface area (Å²) in [6.45, 7) is 2.77. The van der Waals surface area contributed by atoms with Crippen molar-refractivity contribution in [3.63, 3.8) is 0 Å². The summed E-state index contributed by atoms with van der Waals surface area (Å²) in [5.41, 5.74) is 4.43. The summed E-state index contributed by atoms with van der Waals surface area (Å²) in [6.07, 6.45) is 0.935. The number of likely N-dealkylation sites (tertiary alicyclic amines) is 1. The average Bonchev–Trinajstić information content (AvgIpc) is 2.57. The zero-order valence-corrected chi connectivity index (χ0v) is 13.1. The zero-order valence-electron chi connectivity index (χ0n) is 13.1. The highest BCUT2D eigenvalue weighted by Gasteiger charge is 2.43. The molecule has 1 aliphatic heterocycles. The fourth-order valence-electron chi connectivity index (χ4n) is 3.14. The first-order chi connectivity index (χ1) is 11.1. The number of piperidine rings is 1. The van der Waals surface area contributed by atoms with Crippen LogP contribution in [0.5, 0.6) is 5.75 Å². The number of carboxylic acids is 1. The van der Waals surface area contributed by atoms with Gasteiger partial charge in [0, 0.05) is 39.0 Å². The van der Waals surface area contributed by atoms with Crippen LogP contribution in [0.4, 0.5) is 0 Å². The van der Waals surface area contributed by atoms with E-state index in [0.717, 1.165) is 17.3 Å². The van der Waals surface area contributed by atoms with Gasteiger partial charge in [0.2, 0.25) is 5.60 Å². The van der Waals surface area contributed by atoms with Gasteiger partial charge in [0.25, 0.3) is 0 Å². The number of carbonyl (C=O) groups is 1. The van der Waals surface area contributed by atoms with Crippen molar-refractivity contribution in [3.8, 4) is 5.75 Å². The number of ether oxygens (including phenoxy) is 1. The summed E-state index contributed by atoms with van der Waals surface area (Å²) in [7, 11) is 0. The minimum atomic E-state index is -1.15. The van der Waals surface area contributed by atoms with Crippen molar-refractivity contribution in [2.24, 2.45) is 5.73 Å². The topological polar surface area (TPSA) is 75.8 Å². The molecular weight excluding hydrogens is 292 g/mol. The zero-order chi connectivity index (χ0) is 16.3. The molecule has 0 atom stereocenters. The monoisotopic (exact) mass is 314 g/mol. The highest BCUT2D eigenvalue weighted by atomic mass is 16.5. The lowest BCUT2D eigenvalue weighted by molar-refractivity contribution is -0.159. The Hall–Kier alpha value is -2.11. The van der Waals surface area contributed by atoms with Gasteiger partial charge in [0.15, 0.2) is 0 Å². The number of hydrogen-bond donors (Lipinski definition) is 2. The highest BCUT2D eigenvalue weighted by Crippen LogP contribution is 2.31. The molecule has 5 nitrogen and oxygen atoms in total. The van der Waals surface area contributed by atoms with Crippen LogP contribution in [-0.4, -0.2) is 47.8 Å². The summed E-state index contributed by atoms with van der Waals surface area (Å²) < 4.78 is 5.98. The maximum absolute atomic E-state index is 11.8. The molecule has 1 aliphatic rings. The van der Waals surface area contributed by atoms with E-state index in [-0.39, 0.29) is 0 Å². The normalized spacial score (nSPS) is 18.0. The van der Waals surface area contributed by atoms with Crippen molar-refractivity contribution in [2.75, 3.05) is 26.2 Å². The Labute approximate surface area is 135 Å². The molecule has 1 heterocycles. The Morgan fingerprint density at radius 2 is 1.87 bits per heavy atom. The number of nitrogens with two attached hydrogens (primary N) is 1. The first-order valence-electron chi connectivity index (χ1n) is 7.97. The van der Waals surface area contributed by atoms with Crippen LogP contribution >= 0.6 is 0 Å². The first kappa shape index (κ1) is 15.8. The molecule has 23 heavy (non-hydrogen) atoms. The van der Waals surface area contributed by atoms with E-state index in [1.54, 1.807) is 0 Å². The number of fused-ring (bicyclic) bond motifs is 1. The van der Waals surface area contributed by atoms with E-state index in [2.05, 4.69) is 4.90 Å². The number of aliphatic carboxylic acids is 1. The van der Waals surface area contributed by atoms with Crippen molar-refractivity contribution in [3.05, 3.63) is 42.5 Å². The van der Waals surface area contributed by atoms with Crippen LogP contribution in [0, 0.1) is 0 Å². The second-order valence-corrected chi connectivity index (χ2v) is 6.04. The molecule has 2 aromatic carbocycles. The van der Waals surface area contributed by atoms with Crippen LogP contribution in [0.15, 0.2) is 42.5 Å². The van der Waals surface area contributed by atoms with E-state index in [1.807, 2.05) is 42.5 Å². The van der Waals surface area contributed by atoms with Gasteiger partial charge in [-0.25, -0.2) is 4.79 Å². The molecule has 0 aromatic heterocycles. The number of carboxylic acid groups (broad SMARTS) is 1. The van der Waals surface area contributed by atoms with E-state index in [9.17, 15) is 9.90 Å². The van der Waals surface area contributed by atoms with E-state index in [1.165, 1.54) is 0 Å². The first-order valence-corrected chi connectivity index (χ1v) is 7.97. The number of rotatable bonds is 5. The molecule has 0 saturated carbocycles. The van der Waals surface area contributed by atoms with Gasteiger partial charge < -0.3 is 20.5 Å². The van der Waals surface area contributed by atoms with Crippen LogP contribution in [-0.2, 0) is 4.79 Å². The third-order valence-electron chi connectivity index (χ3n) is 4.53. The summed E-state index contributed by atoms with van der Waals surface area (Å²) in [5.74, 6) is -0.281. The minimum absolute atomic E-state index is 0.467. The van der Waals surface area contributed by atoms with Crippen molar-refractivity contribution >= 4 is 16.7 Å². The number of benzene rings is 2. The van der Waals surface area contributed by atoms with Gasteiger partial charge >= 0.3 is 5.97 Å². The lowest BCUT2D eigenvalue weighted by Crippen LogP contribution is -2.53. The van der Waals surface area contributed by atoms with Gasteiger partial charge in [-0.3, -0.25) is 0 Å². The van der Waals surface area contributed by atoms with Crippen LogP contribution in [0.1, 0.15) is 12.8 Å². The predicted molar refractivity (Wildman–Crippen MR) is 89.7 cm³/mol. The molecule has 0 spiro atoms. The molecule has 122 valence electrons. The Balaban J connectivity index is 1.80. The van der Waals surface area contributed by atoms with E-state index in [0.29, 0.717) is 38.2 Å². The van der Waals surface area contributed by atoms with Crippen LogP contribution in [0.3, 0.4) is 0 Å². The Bertz CT molecular complexity index is 693. The Morgan fingerprint density at radius 1 is 1.17 bits per heavy atom. The van der Waals surface area contributed by atoms with E-state index >= 15 is 0 Å². The van der Waals surface area contributed by atoms with Gasteiger partial charge in [-0.15, -0.1) is 0 Å². The maximum Gasteiger partial charge on any atom is 0.348 e. The Morgan fingerprint density at radius 3 is 2.52 bits per heavy atom. The lowest BCUT2D eigenvalue weighted by Gasteiger charge is -2.38. The van der Waals surface area contributed by atoms with Gasteiger partial charge in [-0.1, -0.05) is 30.3 Å². The molecular formula is C18H22N2O3. The predicted octanol–water partition coefficient (Wildman–Crippen LogP) is 2.10. The highest BCUT2D eigenvalue weighted by molar-refractivity contribution is 5.84. The maximum atomic E-state index is 11.8. The van der Waals surface area contributed by atoms with Crippen LogP contribution in [0.2, 0.25) is 0 Å². The van der Waals surface area contributed by atoms with E-state index in [4.69, 9.17) is 10.5 Å². The second-order valence-electron chi connectivity index (χ2n) is 6.04. The molecule has 1 fully saturated rings. The standard InChI is InChI=1S/C18H22N2O3/c19-9-12-20-10-7-18(8-11-20,17(21)22)23-16-6-5-14-3-1-2-4-15(14)13-16/h1-6,13H,7-12,19H2,(H,21,22). The molecule has 1 saturated heterocycles. The fourth-order valence-corrected chi connectivity index (χ4v) is 3.14. The molecule has 0 aliphatic carbocycles. The second kappa shape index (κ2) is 6.56. The van der Waals surface area contributed by atoms with Gasteiger partial charge in [0.05, 0.1) is 0 Å². The average molecular weight is 314 g/mol. The molecule has 0 amide bonds. The molecule has 3 N–H and O–H groups in total. The SMILES string of the molecule is NCCN1CCC(Oc2ccc3ccccc3c2)(C(=O)O)CC1. The van der Waals surface area contributed by atoms with Crippen LogP contribution < -0.4 is 10.5 Å². The Kier molecular flexibility index (Phi) is 4.50. The quantitative estimate of drug-likeness (QED) is 0.884. The van der Waals surface area contributed by atoms with Gasteiger partial charge in [-0.2, -0.15) is 0 Å². The third-order valence-corrected chi connectivity index (χ3v) is 4.53. The smallest absolute Gasteiger partial charge is 0.348 e. The summed E-state index contributed by atoms with van der Waals surface area (Å²) >= 11 is 0. The third kappa shape index (κ3) is 3.30. The van der Waals surface area contributed by atoms with Crippen molar-refractivity contribution in [1.29, 1.82) is 0 Å². The molecule has 0 radical (unpaired) electrons. The summed E-state index contributed by atoms with van der Waals surface area (Å²) in [4.78, 5) is 14.0. The largest absolute Gasteiger partial charge is 0.478 e. The lowest BCUT2D eigenvalue weighted by atomic mass is 9.91. The number of nitrogens with zero attached hydrogens (tertiary/aromatic N) is 1. The summed E-state index contributed by atoms with van der Waals surface area (Å²) in [5, 5.41) is 11.9. The molecule has 0 unspecified atom stereocenters. The minimum Gasteiger partial charge on any atom is -0.478 e. The van der Waals surface area contributed by atoms with Crippen molar-refractivity contribution in [2.45, 2.75) is 18.4 Å². The van der Waals surface area contributed by atoms with E-state index < -0.39 is 11.6 Å². The molecule has 5 heteroatoms. The number of hydrogen-bond acceptors (Lipinski definition) is 4. The fraction of sp³-hybridized carbons (Fsp3) is 0.389. The van der Waals surface area contributed by atoms with Crippen LogP contribution in [0.25, 0.3) is 10.8 Å². The molecule has 0 bridgehead atoms. The summed E-state index contributed by atoms with van der Waals surface area (Å²) in [6, 6.07) is 13.7.